The molecule has 184 valence electrons. The smallest absolute Gasteiger partial charge is 0.261 e. The number of ether oxygens (including phenoxy) is 1. The van der Waals surface area contributed by atoms with Crippen LogP contribution < -0.4 is 10.1 Å². The van der Waals surface area contributed by atoms with Gasteiger partial charge in [-0.15, -0.1) is 0 Å². The Kier molecular flexibility index (Phi) is 8.74. The highest BCUT2D eigenvalue weighted by molar-refractivity contribution is 9.10. The summed E-state index contributed by atoms with van der Waals surface area (Å²) >= 11 is 3.51. The number of nitrogens with one attached hydrogen (secondary N) is 1. The van der Waals surface area contributed by atoms with Crippen LogP contribution in [-0.4, -0.2) is 35.9 Å². The molecule has 1 atom stereocenters. The van der Waals surface area contributed by atoms with Gasteiger partial charge < -0.3 is 15.0 Å². The lowest BCUT2D eigenvalue weighted by Gasteiger charge is -2.31. The number of nitrogens with zero attached hydrogens (tertiary/aromatic N) is 1. The molecule has 0 aliphatic rings. The van der Waals surface area contributed by atoms with E-state index in [2.05, 4.69) is 21.2 Å². The fraction of sp³-hybridized carbons (Fsp3) is 0.200. The van der Waals surface area contributed by atoms with E-state index in [1.54, 1.807) is 4.90 Å². The maximum atomic E-state index is 13.7. The van der Waals surface area contributed by atoms with Crippen LogP contribution in [0.4, 0.5) is 0 Å². The molecule has 0 aromatic heterocycles. The minimum absolute atomic E-state index is 0.174. The second-order valence-corrected chi connectivity index (χ2v) is 9.43. The monoisotopic (exact) mass is 544 g/mol. The number of carbonyl (C=O) groups is 2. The predicted molar refractivity (Wildman–Crippen MR) is 147 cm³/mol. The van der Waals surface area contributed by atoms with Gasteiger partial charge in [0, 0.05) is 29.4 Å². The van der Waals surface area contributed by atoms with E-state index in [1.807, 2.05) is 104 Å². The van der Waals surface area contributed by atoms with E-state index in [0.29, 0.717) is 18.7 Å². The van der Waals surface area contributed by atoms with Crippen LogP contribution in [0.3, 0.4) is 0 Å². The van der Waals surface area contributed by atoms with Crippen molar-refractivity contribution in [1.82, 2.24) is 10.2 Å². The second kappa shape index (κ2) is 12.4. The number of likely N-dealkylation sites (N-methyl/N-ethyl adjacent to an activating group) is 1. The van der Waals surface area contributed by atoms with Gasteiger partial charge in [-0.2, -0.15) is 0 Å². The first-order valence-corrected chi connectivity index (χ1v) is 12.8. The van der Waals surface area contributed by atoms with Crippen LogP contribution in [0.5, 0.6) is 5.75 Å². The SMILES string of the molecule is CCNC(=O)[C@H](Cc1ccccc1)N(Cc1cccc(Br)c1)C(=O)COc1cccc2ccccc12. The van der Waals surface area contributed by atoms with Crippen molar-refractivity contribution >= 4 is 38.5 Å². The quantitative estimate of drug-likeness (QED) is 0.276. The lowest BCUT2D eigenvalue weighted by Crippen LogP contribution is -2.51. The number of hydrogen-bond acceptors (Lipinski definition) is 3. The average Bonchev–Trinajstić information content (AvgIpc) is 2.90. The number of fused-ring (bicyclic) bond motifs is 1. The van der Waals surface area contributed by atoms with E-state index in [9.17, 15) is 9.59 Å². The topological polar surface area (TPSA) is 58.6 Å². The van der Waals surface area contributed by atoms with Crippen molar-refractivity contribution < 1.29 is 14.3 Å². The highest BCUT2D eigenvalue weighted by Gasteiger charge is 2.30. The van der Waals surface area contributed by atoms with E-state index in [4.69, 9.17) is 4.74 Å². The molecule has 0 fully saturated rings. The van der Waals surface area contributed by atoms with Gasteiger partial charge in [-0.25, -0.2) is 0 Å². The lowest BCUT2D eigenvalue weighted by atomic mass is 10.0. The maximum Gasteiger partial charge on any atom is 0.261 e. The van der Waals surface area contributed by atoms with Crippen molar-refractivity contribution in [3.8, 4) is 5.75 Å². The maximum absolute atomic E-state index is 13.7. The zero-order valence-corrected chi connectivity index (χ0v) is 21.8. The summed E-state index contributed by atoms with van der Waals surface area (Å²) in [6, 6.07) is 30.5. The number of halogens is 1. The summed E-state index contributed by atoms with van der Waals surface area (Å²) in [7, 11) is 0. The Labute approximate surface area is 220 Å². The van der Waals surface area contributed by atoms with E-state index in [-0.39, 0.29) is 25.0 Å². The van der Waals surface area contributed by atoms with Crippen LogP contribution in [0.2, 0.25) is 0 Å². The number of amides is 2. The Balaban J connectivity index is 1.63. The molecule has 4 rings (SSSR count). The van der Waals surface area contributed by atoms with Crippen molar-refractivity contribution in [1.29, 1.82) is 0 Å². The van der Waals surface area contributed by atoms with Crippen LogP contribution in [0, 0.1) is 0 Å². The van der Waals surface area contributed by atoms with Crippen LogP contribution in [-0.2, 0) is 22.6 Å². The molecule has 0 aliphatic heterocycles. The zero-order chi connectivity index (χ0) is 25.3. The fourth-order valence-corrected chi connectivity index (χ4v) is 4.67. The zero-order valence-electron chi connectivity index (χ0n) is 20.2. The van der Waals surface area contributed by atoms with Gasteiger partial charge in [-0.1, -0.05) is 94.8 Å². The fourth-order valence-electron chi connectivity index (χ4n) is 4.22. The van der Waals surface area contributed by atoms with Gasteiger partial charge in [0.05, 0.1) is 0 Å². The van der Waals surface area contributed by atoms with Crippen molar-refractivity contribution in [3.63, 3.8) is 0 Å². The number of carbonyl (C=O) groups excluding carboxylic acids is 2. The van der Waals surface area contributed by atoms with Gasteiger partial charge in [0.25, 0.3) is 5.91 Å². The van der Waals surface area contributed by atoms with Gasteiger partial charge in [0.2, 0.25) is 5.91 Å². The van der Waals surface area contributed by atoms with E-state index in [1.165, 1.54) is 0 Å². The van der Waals surface area contributed by atoms with E-state index >= 15 is 0 Å². The summed E-state index contributed by atoms with van der Waals surface area (Å²) in [6.45, 7) is 2.47. The normalized spacial score (nSPS) is 11.6. The highest BCUT2D eigenvalue weighted by Crippen LogP contribution is 2.25. The molecule has 0 aliphatic carbocycles. The Bertz CT molecular complexity index is 1320. The molecule has 36 heavy (non-hydrogen) atoms. The van der Waals surface area contributed by atoms with Crippen molar-refractivity contribution in [2.24, 2.45) is 0 Å². The summed E-state index contributed by atoms with van der Waals surface area (Å²) in [5.74, 6) is 0.200. The number of rotatable bonds is 10. The van der Waals surface area contributed by atoms with Crippen LogP contribution in [0.15, 0.2) is 102 Å². The van der Waals surface area contributed by atoms with Gasteiger partial charge in [0.15, 0.2) is 6.61 Å². The highest BCUT2D eigenvalue weighted by atomic mass is 79.9. The second-order valence-electron chi connectivity index (χ2n) is 8.52. The first kappa shape index (κ1) is 25.5. The Hall–Kier alpha value is -3.64. The summed E-state index contributed by atoms with van der Waals surface area (Å²) < 4.78 is 6.95. The summed E-state index contributed by atoms with van der Waals surface area (Å²) in [6.07, 6.45) is 0.403. The number of hydrogen-bond donors (Lipinski definition) is 1. The largest absolute Gasteiger partial charge is 0.483 e. The van der Waals surface area contributed by atoms with Crippen molar-refractivity contribution in [2.45, 2.75) is 25.9 Å². The van der Waals surface area contributed by atoms with Gasteiger partial charge in [-0.05, 0) is 41.6 Å². The molecule has 0 unspecified atom stereocenters. The molecule has 1 N–H and O–H groups in total. The van der Waals surface area contributed by atoms with Gasteiger partial charge in [0.1, 0.15) is 11.8 Å². The Morgan fingerprint density at radius 3 is 2.36 bits per heavy atom. The molecule has 0 bridgehead atoms. The van der Waals surface area contributed by atoms with Gasteiger partial charge >= 0.3 is 0 Å². The van der Waals surface area contributed by atoms with Crippen molar-refractivity contribution in [2.75, 3.05) is 13.2 Å². The van der Waals surface area contributed by atoms with E-state index < -0.39 is 6.04 Å². The standard InChI is InChI=1S/C30H29BrN2O3/c1-2-32-30(35)27(19-22-10-4-3-5-11-22)33(20-23-12-8-15-25(31)18-23)29(34)21-36-28-17-9-14-24-13-6-7-16-26(24)28/h3-18,27H,2,19-21H2,1H3,(H,32,35)/t27-/m0/s1. The molecule has 5 nitrogen and oxygen atoms in total. The molecule has 6 heteroatoms. The first-order chi connectivity index (χ1) is 17.5. The molecular weight excluding hydrogens is 516 g/mol. The molecular formula is C30H29BrN2O3. The third-order valence-electron chi connectivity index (χ3n) is 5.96. The molecule has 0 saturated heterocycles. The minimum Gasteiger partial charge on any atom is -0.483 e. The Morgan fingerprint density at radius 2 is 1.58 bits per heavy atom. The molecule has 4 aromatic rings. The lowest BCUT2D eigenvalue weighted by molar-refractivity contribution is -0.142. The summed E-state index contributed by atoms with van der Waals surface area (Å²) in [5.41, 5.74) is 1.90. The molecule has 0 heterocycles. The molecule has 2 amide bonds. The minimum atomic E-state index is -0.685. The average molecular weight is 545 g/mol. The third kappa shape index (κ3) is 6.52. The molecule has 0 saturated carbocycles. The van der Waals surface area contributed by atoms with Crippen LogP contribution >= 0.6 is 15.9 Å². The first-order valence-electron chi connectivity index (χ1n) is 12.0. The molecule has 4 aromatic carbocycles. The third-order valence-corrected chi connectivity index (χ3v) is 6.46. The predicted octanol–water partition coefficient (Wildman–Crippen LogP) is 5.76. The summed E-state index contributed by atoms with van der Waals surface area (Å²) in [4.78, 5) is 28.6. The summed E-state index contributed by atoms with van der Waals surface area (Å²) in [5, 5.41) is 4.89. The van der Waals surface area contributed by atoms with E-state index in [0.717, 1.165) is 26.4 Å². The Morgan fingerprint density at radius 1 is 0.889 bits per heavy atom. The van der Waals surface area contributed by atoms with Crippen LogP contribution in [0.1, 0.15) is 18.1 Å². The van der Waals surface area contributed by atoms with Crippen LogP contribution in [0.25, 0.3) is 10.8 Å². The van der Waals surface area contributed by atoms with Gasteiger partial charge in [-0.3, -0.25) is 9.59 Å². The number of benzene rings is 4. The molecule has 0 spiro atoms. The molecule has 0 radical (unpaired) electrons. The van der Waals surface area contributed by atoms with Crippen molar-refractivity contribution in [3.05, 3.63) is 113 Å².